The van der Waals surface area contributed by atoms with Crippen molar-refractivity contribution in [2.45, 2.75) is 25.8 Å². The van der Waals surface area contributed by atoms with Crippen molar-refractivity contribution in [2.75, 3.05) is 35.2 Å². The Morgan fingerprint density at radius 3 is 2.81 bits per heavy atom. The van der Waals surface area contributed by atoms with E-state index in [1.54, 1.807) is 18.7 Å². The Balaban J connectivity index is 2.33. The number of nitrogens with zero attached hydrogens (tertiary/aromatic N) is 1. The van der Waals surface area contributed by atoms with Crippen LogP contribution in [0.15, 0.2) is 24.3 Å². The third-order valence-electron chi connectivity index (χ3n) is 3.77. The van der Waals surface area contributed by atoms with Crippen molar-refractivity contribution in [3.63, 3.8) is 0 Å². The molecule has 0 saturated carbocycles. The van der Waals surface area contributed by atoms with Crippen molar-refractivity contribution < 1.29 is 8.42 Å². The first kappa shape index (κ1) is 16.6. The predicted molar refractivity (Wildman–Crippen MR) is 91.7 cm³/mol. The van der Waals surface area contributed by atoms with Crippen LogP contribution in [0.2, 0.25) is 0 Å². The molecule has 2 rings (SSSR count). The summed E-state index contributed by atoms with van der Waals surface area (Å²) in [7, 11) is -3.07. The topological polar surface area (TPSA) is 49.4 Å². The van der Waals surface area contributed by atoms with Gasteiger partial charge in [0.05, 0.1) is 0 Å². The lowest BCUT2D eigenvalue weighted by Gasteiger charge is -2.37. The van der Waals surface area contributed by atoms with Crippen LogP contribution >= 0.6 is 11.8 Å². The van der Waals surface area contributed by atoms with Gasteiger partial charge in [-0.05, 0) is 18.2 Å². The number of hydrogen-bond acceptors (Lipinski definition) is 5. The fourth-order valence-corrected chi connectivity index (χ4v) is 5.53. The van der Waals surface area contributed by atoms with Crippen molar-refractivity contribution in [1.29, 1.82) is 0 Å². The van der Waals surface area contributed by atoms with Gasteiger partial charge in [-0.25, -0.2) is 8.42 Å². The van der Waals surface area contributed by atoms with Gasteiger partial charge in [0.25, 0.3) is 0 Å². The molecule has 1 heterocycles. The molecular formula is C15H24N2O2S2. The molecule has 1 fully saturated rings. The second kappa shape index (κ2) is 7.51. The number of nitrogens with one attached hydrogen (secondary N) is 1. The fourth-order valence-electron chi connectivity index (χ4n) is 2.55. The first-order valence-corrected chi connectivity index (χ1v) is 10.3. The molecule has 0 bridgehead atoms. The van der Waals surface area contributed by atoms with Crippen LogP contribution < -0.4 is 10.2 Å². The average Bonchev–Trinajstić information content (AvgIpc) is 2.53. The van der Waals surface area contributed by atoms with Crippen LogP contribution in [0.3, 0.4) is 0 Å². The van der Waals surface area contributed by atoms with Crippen molar-refractivity contribution >= 4 is 27.3 Å². The zero-order chi connectivity index (χ0) is 15.3. The Labute approximate surface area is 132 Å². The summed E-state index contributed by atoms with van der Waals surface area (Å²) in [6.07, 6.45) is 0. The highest BCUT2D eigenvalue weighted by Gasteiger charge is 2.33. The standard InChI is InChI=1S/C15H24N2O2S2/c1-3-16-11-13-7-5-6-8-14(13)17-9-10-20-12-15(17)21(18,19)4-2/h5-8,15-16H,3-4,9-12H2,1-2H3. The fraction of sp³-hybridized carbons (Fsp3) is 0.600. The van der Waals surface area contributed by atoms with Crippen LogP contribution in [0.1, 0.15) is 19.4 Å². The molecule has 0 spiro atoms. The highest BCUT2D eigenvalue weighted by Crippen LogP contribution is 2.30. The van der Waals surface area contributed by atoms with Crippen molar-refractivity contribution in [3.8, 4) is 0 Å². The van der Waals surface area contributed by atoms with Gasteiger partial charge in [0.1, 0.15) is 5.37 Å². The predicted octanol–water partition coefficient (Wildman–Crippen LogP) is 2.11. The summed E-state index contributed by atoms with van der Waals surface area (Å²) >= 11 is 1.73. The summed E-state index contributed by atoms with van der Waals surface area (Å²) in [6, 6.07) is 8.12. The monoisotopic (exact) mass is 328 g/mol. The minimum atomic E-state index is -3.07. The molecule has 1 aliphatic heterocycles. The van der Waals surface area contributed by atoms with E-state index in [4.69, 9.17) is 0 Å². The van der Waals surface area contributed by atoms with Gasteiger partial charge in [-0.2, -0.15) is 11.8 Å². The van der Waals surface area contributed by atoms with Gasteiger partial charge < -0.3 is 10.2 Å². The van der Waals surface area contributed by atoms with Crippen LogP contribution in [0, 0.1) is 0 Å². The van der Waals surface area contributed by atoms with Gasteiger partial charge in [-0.15, -0.1) is 0 Å². The van der Waals surface area contributed by atoms with E-state index in [0.717, 1.165) is 31.1 Å². The van der Waals surface area contributed by atoms with Crippen LogP contribution in [0.25, 0.3) is 0 Å². The van der Waals surface area contributed by atoms with Crippen LogP contribution in [0.5, 0.6) is 0 Å². The molecule has 1 aliphatic rings. The molecule has 0 radical (unpaired) electrons. The zero-order valence-electron chi connectivity index (χ0n) is 12.7. The molecule has 6 heteroatoms. The van der Waals surface area contributed by atoms with E-state index in [1.807, 2.05) is 18.2 Å². The molecule has 118 valence electrons. The Morgan fingerprint density at radius 2 is 2.10 bits per heavy atom. The summed E-state index contributed by atoms with van der Waals surface area (Å²) in [5, 5.41) is 2.93. The maximum Gasteiger partial charge on any atom is 0.171 e. The smallest absolute Gasteiger partial charge is 0.171 e. The Bertz CT molecular complexity index is 561. The average molecular weight is 329 g/mol. The lowest BCUT2D eigenvalue weighted by molar-refractivity contribution is 0.579. The summed E-state index contributed by atoms with van der Waals surface area (Å²) < 4.78 is 24.8. The number of thioether (sulfide) groups is 1. The molecule has 0 aromatic heterocycles. The normalized spacial score (nSPS) is 19.7. The highest BCUT2D eigenvalue weighted by molar-refractivity contribution is 8.01. The van der Waals surface area contributed by atoms with E-state index >= 15 is 0 Å². The zero-order valence-corrected chi connectivity index (χ0v) is 14.3. The SMILES string of the molecule is CCNCc1ccccc1N1CCSCC1S(=O)(=O)CC. The summed E-state index contributed by atoms with van der Waals surface area (Å²) in [5.41, 5.74) is 2.23. The van der Waals surface area contributed by atoms with Crippen LogP contribution in [-0.2, 0) is 16.4 Å². The maximum atomic E-state index is 12.4. The minimum Gasteiger partial charge on any atom is -0.353 e. The third kappa shape index (κ3) is 3.93. The molecule has 1 aromatic carbocycles. The van der Waals surface area contributed by atoms with Gasteiger partial charge in [0, 0.05) is 36.0 Å². The van der Waals surface area contributed by atoms with E-state index in [0.29, 0.717) is 5.75 Å². The molecule has 0 amide bonds. The lowest BCUT2D eigenvalue weighted by Crippen LogP contribution is -2.48. The Morgan fingerprint density at radius 1 is 1.33 bits per heavy atom. The molecule has 1 unspecified atom stereocenters. The van der Waals surface area contributed by atoms with Crippen LogP contribution in [0.4, 0.5) is 5.69 Å². The third-order valence-corrected chi connectivity index (χ3v) is 7.06. The second-order valence-electron chi connectivity index (χ2n) is 5.08. The molecule has 0 aliphatic carbocycles. The van der Waals surface area contributed by atoms with Gasteiger partial charge in [0.2, 0.25) is 0 Å². The molecule has 1 atom stereocenters. The van der Waals surface area contributed by atoms with E-state index in [1.165, 1.54) is 5.56 Å². The van der Waals surface area contributed by atoms with Gasteiger partial charge in [-0.1, -0.05) is 32.0 Å². The lowest BCUT2D eigenvalue weighted by atomic mass is 10.1. The highest BCUT2D eigenvalue weighted by atomic mass is 32.2. The first-order valence-electron chi connectivity index (χ1n) is 7.44. The molecular weight excluding hydrogens is 304 g/mol. The number of para-hydroxylation sites is 1. The quantitative estimate of drug-likeness (QED) is 0.867. The van der Waals surface area contributed by atoms with E-state index in [-0.39, 0.29) is 5.75 Å². The summed E-state index contributed by atoms with van der Waals surface area (Å²) in [5.74, 6) is 1.83. The van der Waals surface area contributed by atoms with E-state index in [9.17, 15) is 8.42 Å². The van der Waals surface area contributed by atoms with Crippen molar-refractivity contribution in [3.05, 3.63) is 29.8 Å². The minimum absolute atomic E-state index is 0.199. The molecule has 1 saturated heterocycles. The van der Waals surface area contributed by atoms with Crippen molar-refractivity contribution in [2.24, 2.45) is 0 Å². The molecule has 1 N–H and O–H groups in total. The van der Waals surface area contributed by atoms with Gasteiger partial charge in [0.15, 0.2) is 9.84 Å². The van der Waals surface area contributed by atoms with E-state index < -0.39 is 15.2 Å². The van der Waals surface area contributed by atoms with Gasteiger partial charge >= 0.3 is 0 Å². The molecule has 21 heavy (non-hydrogen) atoms. The number of anilines is 1. The summed E-state index contributed by atoms with van der Waals surface area (Å²) in [4.78, 5) is 2.09. The summed E-state index contributed by atoms with van der Waals surface area (Å²) in [6.45, 7) is 6.27. The Hall–Kier alpha value is -0.720. The number of sulfone groups is 1. The largest absolute Gasteiger partial charge is 0.353 e. The number of rotatable bonds is 6. The van der Waals surface area contributed by atoms with Gasteiger partial charge in [-0.3, -0.25) is 0 Å². The number of benzene rings is 1. The second-order valence-corrected chi connectivity index (χ2v) is 8.68. The first-order chi connectivity index (χ1) is 10.1. The molecule has 4 nitrogen and oxygen atoms in total. The number of hydrogen-bond donors (Lipinski definition) is 1. The van der Waals surface area contributed by atoms with Crippen molar-refractivity contribution in [1.82, 2.24) is 5.32 Å². The molecule has 1 aromatic rings. The Kier molecular flexibility index (Phi) is 5.96. The van der Waals surface area contributed by atoms with Crippen LogP contribution in [-0.4, -0.2) is 44.1 Å². The maximum absolute atomic E-state index is 12.4. The van der Waals surface area contributed by atoms with E-state index in [2.05, 4.69) is 23.2 Å².